The Labute approximate surface area is 231 Å². The second kappa shape index (κ2) is 10.4. The summed E-state index contributed by atoms with van der Waals surface area (Å²) in [4.78, 5) is 31.9. The Hall–Kier alpha value is -3.87. The van der Waals surface area contributed by atoms with Gasteiger partial charge in [-0.05, 0) is 30.3 Å². The van der Waals surface area contributed by atoms with Crippen molar-refractivity contribution >= 4 is 51.4 Å². The van der Waals surface area contributed by atoms with E-state index in [0.717, 1.165) is 0 Å². The van der Waals surface area contributed by atoms with Crippen LogP contribution in [0.5, 0.6) is 0 Å². The highest BCUT2D eigenvalue weighted by molar-refractivity contribution is 7.19. The van der Waals surface area contributed by atoms with Crippen molar-refractivity contribution in [1.82, 2.24) is 15.0 Å². The van der Waals surface area contributed by atoms with Gasteiger partial charge >= 0.3 is 6.03 Å². The Bertz CT molecular complexity index is 1560. The van der Waals surface area contributed by atoms with E-state index in [0.29, 0.717) is 53.4 Å². The molecule has 2 aliphatic heterocycles. The zero-order chi connectivity index (χ0) is 27.1. The van der Waals surface area contributed by atoms with Crippen LogP contribution in [0.4, 0.5) is 36.0 Å². The monoisotopic (exact) mass is 569 g/mol. The summed E-state index contributed by atoms with van der Waals surface area (Å²) >= 11 is 7.26. The molecule has 9 nitrogen and oxygen atoms in total. The first-order valence-corrected chi connectivity index (χ1v) is 13.4. The molecule has 2 saturated heterocycles. The molecule has 2 aromatic heterocycles. The Balaban J connectivity index is 1.39. The summed E-state index contributed by atoms with van der Waals surface area (Å²) in [6.07, 6.45) is 1.53. The molecule has 0 radical (unpaired) electrons. The minimum atomic E-state index is -0.579. The van der Waals surface area contributed by atoms with Crippen molar-refractivity contribution in [2.45, 2.75) is 0 Å². The van der Waals surface area contributed by atoms with Gasteiger partial charge in [0.2, 0.25) is 5.95 Å². The highest BCUT2D eigenvalue weighted by atomic mass is 35.5. The molecule has 13 heteroatoms. The number of morpholine rings is 1. The number of carbonyl (C=O) groups excluding carboxylic acids is 1. The minimum absolute atomic E-state index is 0.0808. The van der Waals surface area contributed by atoms with Gasteiger partial charge in [0.1, 0.15) is 11.5 Å². The summed E-state index contributed by atoms with van der Waals surface area (Å²) < 4.78 is 35.4. The fourth-order valence-electron chi connectivity index (χ4n) is 4.62. The quantitative estimate of drug-likeness (QED) is 0.358. The standard InChI is InChI=1S/C26H22ClF2N7O2S/c27-17-14-15(4-5-18(17)28)35-8-9-36(26(35)37)20-3-1-2-16(21(20)29)23-22(19-6-7-31-24(30)32-19)33-25(39-23)34-10-12-38-13-11-34/h1-7,14H,8-13H2,(H2,30,31,32). The SMILES string of the molecule is Nc1nccc(-c2nc(N3CCOCC3)sc2-c2cccc(N3CCN(c4ccc(F)c(Cl)c4)C3=O)c2F)n1. The van der Waals surface area contributed by atoms with Gasteiger partial charge in [-0.1, -0.05) is 35.1 Å². The number of hydrogen-bond acceptors (Lipinski definition) is 8. The number of ether oxygens (including phenoxy) is 1. The lowest BCUT2D eigenvalue weighted by atomic mass is 10.1. The lowest BCUT2D eigenvalue weighted by Gasteiger charge is -2.26. The predicted molar refractivity (Wildman–Crippen MR) is 147 cm³/mol. The normalized spacial score (nSPS) is 15.9. The topological polar surface area (TPSA) is 101 Å². The van der Waals surface area contributed by atoms with E-state index in [2.05, 4.69) is 14.9 Å². The first kappa shape index (κ1) is 25.4. The maximum atomic E-state index is 16.3. The number of aromatic nitrogens is 3. The molecule has 2 aliphatic rings. The maximum Gasteiger partial charge on any atom is 0.329 e. The number of halogens is 3. The molecule has 0 atom stereocenters. The molecule has 0 aliphatic carbocycles. The Morgan fingerprint density at radius 3 is 2.56 bits per heavy atom. The van der Waals surface area contributed by atoms with Crippen LogP contribution in [0.1, 0.15) is 0 Å². The fraction of sp³-hybridized carbons (Fsp3) is 0.231. The van der Waals surface area contributed by atoms with Crippen LogP contribution in [-0.4, -0.2) is 60.4 Å². The molecule has 0 spiro atoms. The van der Waals surface area contributed by atoms with Crippen molar-refractivity contribution in [2.24, 2.45) is 0 Å². The van der Waals surface area contributed by atoms with Crippen LogP contribution in [0, 0.1) is 11.6 Å². The largest absolute Gasteiger partial charge is 0.378 e. The summed E-state index contributed by atoms with van der Waals surface area (Å²) in [5.74, 6) is -1.06. The molecule has 0 saturated carbocycles. The van der Waals surface area contributed by atoms with Crippen LogP contribution in [0.2, 0.25) is 5.02 Å². The van der Waals surface area contributed by atoms with Crippen LogP contribution in [0.3, 0.4) is 0 Å². The smallest absolute Gasteiger partial charge is 0.329 e. The molecular formula is C26H22ClF2N7O2S. The van der Waals surface area contributed by atoms with E-state index in [1.807, 2.05) is 0 Å². The molecule has 2 N–H and O–H groups in total. The van der Waals surface area contributed by atoms with E-state index in [1.54, 1.807) is 24.3 Å². The molecule has 2 aromatic carbocycles. The molecule has 0 unspecified atom stereocenters. The van der Waals surface area contributed by atoms with Crippen LogP contribution < -0.4 is 20.4 Å². The van der Waals surface area contributed by atoms with Crippen molar-refractivity contribution < 1.29 is 18.3 Å². The lowest BCUT2D eigenvalue weighted by molar-refractivity contribution is 0.122. The molecule has 0 bridgehead atoms. The number of nitrogens with two attached hydrogens (primary N) is 1. The number of amides is 2. The fourth-order valence-corrected chi connectivity index (χ4v) is 5.94. The van der Waals surface area contributed by atoms with Crippen LogP contribution >= 0.6 is 22.9 Å². The number of urea groups is 1. The summed E-state index contributed by atoms with van der Waals surface area (Å²) in [6.45, 7) is 2.99. The molecule has 200 valence electrons. The molecule has 39 heavy (non-hydrogen) atoms. The van der Waals surface area contributed by atoms with Crippen LogP contribution in [0.25, 0.3) is 21.8 Å². The number of thiazole rings is 1. The molecule has 6 rings (SSSR count). The van der Waals surface area contributed by atoms with Crippen molar-refractivity contribution in [3.8, 4) is 21.8 Å². The Morgan fingerprint density at radius 2 is 1.79 bits per heavy atom. The number of rotatable bonds is 5. The van der Waals surface area contributed by atoms with Crippen molar-refractivity contribution in [2.75, 3.05) is 59.8 Å². The van der Waals surface area contributed by atoms with E-state index in [4.69, 9.17) is 27.1 Å². The Kier molecular flexibility index (Phi) is 6.75. The molecule has 4 aromatic rings. The van der Waals surface area contributed by atoms with Crippen LogP contribution in [-0.2, 0) is 4.74 Å². The second-order valence-corrected chi connectivity index (χ2v) is 10.3. The number of carbonyl (C=O) groups is 1. The van der Waals surface area contributed by atoms with E-state index >= 15 is 4.39 Å². The third kappa shape index (κ3) is 4.75. The number of nitrogens with zero attached hydrogens (tertiary/aromatic N) is 6. The van der Waals surface area contributed by atoms with Crippen molar-refractivity contribution in [3.05, 3.63) is 65.3 Å². The third-order valence-electron chi connectivity index (χ3n) is 6.55. The van der Waals surface area contributed by atoms with Gasteiger partial charge in [0.15, 0.2) is 10.9 Å². The summed E-state index contributed by atoms with van der Waals surface area (Å²) in [5, 5.41) is 0.619. The average molecular weight is 570 g/mol. The van der Waals surface area contributed by atoms with Crippen molar-refractivity contribution in [1.29, 1.82) is 0 Å². The van der Waals surface area contributed by atoms with E-state index in [1.165, 1.54) is 45.5 Å². The van der Waals surface area contributed by atoms with Gasteiger partial charge in [0.05, 0.1) is 34.5 Å². The van der Waals surface area contributed by atoms with Gasteiger partial charge in [-0.25, -0.2) is 28.5 Å². The zero-order valence-corrected chi connectivity index (χ0v) is 22.1. The summed E-state index contributed by atoms with van der Waals surface area (Å²) in [5.41, 5.74) is 7.63. The number of anilines is 4. The third-order valence-corrected chi connectivity index (χ3v) is 7.99. The minimum Gasteiger partial charge on any atom is -0.378 e. The van der Waals surface area contributed by atoms with Gasteiger partial charge in [-0.15, -0.1) is 0 Å². The first-order chi connectivity index (χ1) is 18.9. The summed E-state index contributed by atoms with van der Waals surface area (Å²) in [6, 6.07) is 10.2. The first-order valence-electron chi connectivity index (χ1n) is 12.2. The maximum absolute atomic E-state index is 16.3. The molecular weight excluding hydrogens is 548 g/mol. The van der Waals surface area contributed by atoms with Gasteiger partial charge < -0.3 is 15.4 Å². The highest BCUT2D eigenvalue weighted by Crippen LogP contribution is 2.43. The van der Waals surface area contributed by atoms with Crippen molar-refractivity contribution in [3.63, 3.8) is 0 Å². The lowest BCUT2D eigenvalue weighted by Crippen LogP contribution is -2.36. The van der Waals surface area contributed by atoms with E-state index < -0.39 is 17.7 Å². The summed E-state index contributed by atoms with van der Waals surface area (Å²) in [7, 11) is 0. The number of nitrogen functional groups attached to an aromatic ring is 1. The molecule has 4 heterocycles. The number of hydrogen-bond donors (Lipinski definition) is 1. The van der Waals surface area contributed by atoms with Gasteiger partial charge in [-0.3, -0.25) is 9.80 Å². The highest BCUT2D eigenvalue weighted by Gasteiger charge is 2.34. The average Bonchev–Trinajstić information content (AvgIpc) is 3.55. The molecule has 2 amide bonds. The second-order valence-electron chi connectivity index (χ2n) is 8.90. The van der Waals surface area contributed by atoms with E-state index in [-0.39, 0.29) is 35.3 Å². The van der Waals surface area contributed by atoms with Gasteiger partial charge in [0, 0.05) is 43.6 Å². The molecule has 2 fully saturated rings. The Morgan fingerprint density at radius 1 is 1.00 bits per heavy atom. The van der Waals surface area contributed by atoms with Crippen LogP contribution in [0.15, 0.2) is 48.7 Å². The van der Waals surface area contributed by atoms with E-state index in [9.17, 15) is 9.18 Å². The van der Waals surface area contributed by atoms with Gasteiger partial charge in [-0.2, -0.15) is 0 Å². The predicted octanol–water partition coefficient (Wildman–Crippen LogP) is 5.06. The van der Waals surface area contributed by atoms with Gasteiger partial charge in [0.25, 0.3) is 0 Å². The zero-order valence-electron chi connectivity index (χ0n) is 20.5. The number of benzene rings is 2.